The van der Waals surface area contributed by atoms with Crippen LogP contribution in [0.15, 0.2) is 41.2 Å². The van der Waals surface area contributed by atoms with Gasteiger partial charge in [-0.15, -0.1) is 0 Å². The van der Waals surface area contributed by atoms with Crippen LogP contribution in [0.2, 0.25) is 0 Å². The van der Waals surface area contributed by atoms with Crippen LogP contribution in [-0.4, -0.2) is 33.4 Å². The van der Waals surface area contributed by atoms with E-state index in [2.05, 4.69) is 10.4 Å². The first-order valence-corrected chi connectivity index (χ1v) is 7.34. The summed E-state index contributed by atoms with van der Waals surface area (Å²) in [6.45, 7) is 2.16. The second-order valence-electron chi connectivity index (χ2n) is 5.05. The van der Waals surface area contributed by atoms with Crippen molar-refractivity contribution in [3.8, 4) is 5.69 Å². The molecule has 1 unspecified atom stereocenters. The normalized spacial score (nSPS) is 12.0. The minimum Gasteiger partial charge on any atom is -0.393 e. The molecule has 0 aliphatic carbocycles. The second-order valence-corrected chi connectivity index (χ2v) is 5.05. The predicted octanol–water partition coefficient (Wildman–Crippen LogP) is 1.26. The summed E-state index contributed by atoms with van der Waals surface area (Å²) in [7, 11) is 0. The molecule has 0 radical (unpaired) electrons. The Labute approximate surface area is 132 Å². The Hall–Kier alpha value is -2.54. The maximum Gasteiger partial charge on any atom is 0.271 e. The first kappa shape index (κ1) is 16.8. The number of hydrogen-bond donors (Lipinski definition) is 2. The Morgan fingerprint density at radius 2 is 2.00 bits per heavy atom. The maximum absolute atomic E-state index is 13.0. The molecular formula is C16H18FN3O3. The van der Waals surface area contributed by atoms with Crippen molar-refractivity contribution >= 4 is 5.91 Å². The second kappa shape index (κ2) is 7.64. The van der Waals surface area contributed by atoms with Crippen LogP contribution in [0.1, 0.15) is 30.3 Å². The van der Waals surface area contributed by atoms with E-state index in [1.54, 1.807) is 0 Å². The number of aliphatic hydroxyl groups is 1. The van der Waals surface area contributed by atoms with E-state index in [0.717, 1.165) is 4.68 Å². The Kier molecular flexibility index (Phi) is 5.59. The van der Waals surface area contributed by atoms with Gasteiger partial charge in [0.05, 0.1) is 11.8 Å². The molecule has 1 aromatic heterocycles. The number of nitrogens with zero attached hydrogens (tertiary/aromatic N) is 2. The zero-order chi connectivity index (χ0) is 16.8. The van der Waals surface area contributed by atoms with Crippen LogP contribution < -0.4 is 10.9 Å². The molecule has 0 aliphatic heterocycles. The van der Waals surface area contributed by atoms with Crippen LogP contribution >= 0.6 is 0 Å². The molecule has 1 heterocycles. The van der Waals surface area contributed by atoms with Crippen molar-refractivity contribution < 1.29 is 14.3 Å². The average molecular weight is 319 g/mol. The van der Waals surface area contributed by atoms with Gasteiger partial charge in [0.1, 0.15) is 11.5 Å². The Morgan fingerprint density at radius 1 is 1.30 bits per heavy atom. The monoisotopic (exact) mass is 319 g/mol. The van der Waals surface area contributed by atoms with Gasteiger partial charge >= 0.3 is 0 Å². The zero-order valence-corrected chi connectivity index (χ0v) is 12.7. The fourth-order valence-electron chi connectivity index (χ4n) is 1.95. The first-order valence-electron chi connectivity index (χ1n) is 7.34. The quantitative estimate of drug-likeness (QED) is 0.839. The summed E-state index contributed by atoms with van der Waals surface area (Å²) in [4.78, 5) is 23.9. The van der Waals surface area contributed by atoms with E-state index in [1.807, 2.05) is 6.92 Å². The smallest absolute Gasteiger partial charge is 0.271 e. The molecule has 2 rings (SSSR count). The number of hydrogen-bond acceptors (Lipinski definition) is 4. The lowest BCUT2D eigenvalue weighted by Gasteiger charge is -2.09. The van der Waals surface area contributed by atoms with Gasteiger partial charge in [-0.05, 0) is 43.2 Å². The lowest BCUT2D eigenvalue weighted by atomic mass is 10.2. The molecule has 0 aliphatic rings. The number of aromatic nitrogens is 2. The molecule has 0 spiro atoms. The van der Waals surface area contributed by atoms with Crippen LogP contribution in [0.3, 0.4) is 0 Å². The van der Waals surface area contributed by atoms with Gasteiger partial charge in [-0.3, -0.25) is 9.59 Å². The Morgan fingerprint density at radius 3 is 2.65 bits per heavy atom. The van der Waals surface area contributed by atoms with Gasteiger partial charge in [0.2, 0.25) is 0 Å². The molecule has 2 aromatic rings. The van der Waals surface area contributed by atoms with Crippen molar-refractivity contribution in [3.05, 3.63) is 58.3 Å². The van der Waals surface area contributed by atoms with E-state index in [9.17, 15) is 19.1 Å². The van der Waals surface area contributed by atoms with E-state index < -0.39 is 23.4 Å². The minimum atomic E-state index is -0.462. The highest BCUT2D eigenvalue weighted by atomic mass is 19.1. The topological polar surface area (TPSA) is 84.2 Å². The molecule has 122 valence electrons. The van der Waals surface area contributed by atoms with Gasteiger partial charge < -0.3 is 10.4 Å². The summed E-state index contributed by atoms with van der Waals surface area (Å²) < 4.78 is 14.0. The fraction of sp³-hybridized carbons (Fsp3) is 0.312. The number of carbonyl (C=O) groups is 1. The first-order chi connectivity index (χ1) is 11.0. The summed E-state index contributed by atoms with van der Waals surface area (Å²) in [6.07, 6.45) is 0.597. The maximum atomic E-state index is 13.0. The predicted molar refractivity (Wildman–Crippen MR) is 83.0 cm³/mol. The highest BCUT2D eigenvalue weighted by molar-refractivity contribution is 5.92. The molecule has 7 heteroatoms. The zero-order valence-electron chi connectivity index (χ0n) is 12.7. The van der Waals surface area contributed by atoms with Crippen LogP contribution in [-0.2, 0) is 0 Å². The number of carbonyl (C=O) groups excluding carboxylic acids is 1. The van der Waals surface area contributed by atoms with Crippen molar-refractivity contribution in [3.63, 3.8) is 0 Å². The SMILES string of the molecule is CCC(O)CCNC(=O)c1ccc(=O)n(-c2ccc(F)cc2)n1. The molecule has 0 saturated heterocycles. The minimum absolute atomic E-state index is 0.0694. The van der Waals surface area contributed by atoms with Gasteiger partial charge in [-0.25, -0.2) is 4.39 Å². The fourth-order valence-corrected chi connectivity index (χ4v) is 1.95. The molecule has 0 saturated carbocycles. The van der Waals surface area contributed by atoms with E-state index in [4.69, 9.17) is 0 Å². The molecular weight excluding hydrogens is 301 g/mol. The van der Waals surface area contributed by atoms with Crippen molar-refractivity contribution in [2.24, 2.45) is 0 Å². The van der Waals surface area contributed by atoms with Crippen molar-refractivity contribution in [2.75, 3.05) is 6.54 Å². The number of halogens is 1. The molecule has 23 heavy (non-hydrogen) atoms. The van der Waals surface area contributed by atoms with Crippen molar-refractivity contribution in [1.29, 1.82) is 0 Å². The number of benzene rings is 1. The van der Waals surface area contributed by atoms with Crippen LogP contribution in [0.5, 0.6) is 0 Å². The van der Waals surface area contributed by atoms with Crippen LogP contribution in [0.25, 0.3) is 5.69 Å². The summed E-state index contributed by atoms with van der Waals surface area (Å²) in [5, 5.41) is 16.1. The van der Waals surface area contributed by atoms with Crippen molar-refractivity contribution in [2.45, 2.75) is 25.9 Å². The molecule has 1 amide bonds. The largest absolute Gasteiger partial charge is 0.393 e. The molecule has 1 atom stereocenters. The molecule has 2 N–H and O–H groups in total. The van der Waals surface area contributed by atoms with E-state index in [-0.39, 0.29) is 5.69 Å². The lowest BCUT2D eigenvalue weighted by molar-refractivity contribution is 0.0935. The van der Waals surface area contributed by atoms with Crippen LogP contribution in [0, 0.1) is 5.82 Å². The van der Waals surface area contributed by atoms with Gasteiger partial charge in [-0.2, -0.15) is 9.78 Å². The average Bonchev–Trinajstić information content (AvgIpc) is 2.56. The summed E-state index contributed by atoms with van der Waals surface area (Å²) in [5.41, 5.74) is 0.0157. The van der Waals surface area contributed by atoms with Gasteiger partial charge in [-0.1, -0.05) is 6.92 Å². The third-order valence-corrected chi connectivity index (χ3v) is 3.34. The summed E-state index contributed by atoms with van der Waals surface area (Å²) in [5.74, 6) is -0.866. The standard InChI is InChI=1S/C16H18FN3O3/c1-2-13(21)9-10-18-16(23)14-7-8-15(22)20(19-14)12-5-3-11(17)4-6-12/h3-8,13,21H,2,9-10H2,1H3,(H,18,23). The third-order valence-electron chi connectivity index (χ3n) is 3.34. The lowest BCUT2D eigenvalue weighted by Crippen LogP contribution is -2.30. The van der Waals surface area contributed by atoms with Gasteiger partial charge in [0.25, 0.3) is 11.5 Å². The molecule has 1 aromatic carbocycles. The molecule has 0 fully saturated rings. The number of amides is 1. The van der Waals surface area contributed by atoms with Gasteiger partial charge in [0.15, 0.2) is 0 Å². The summed E-state index contributed by atoms with van der Waals surface area (Å²) >= 11 is 0. The highest BCUT2D eigenvalue weighted by Crippen LogP contribution is 2.06. The molecule has 6 nitrogen and oxygen atoms in total. The highest BCUT2D eigenvalue weighted by Gasteiger charge is 2.11. The number of nitrogens with one attached hydrogen (secondary N) is 1. The van der Waals surface area contributed by atoms with E-state index >= 15 is 0 Å². The third kappa shape index (κ3) is 4.46. The van der Waals surface area contributed by atoms with Gasteiger partial charge in [0, 0.05) is 12.6 Å². The Balaban J connectivity index is 2.15. The van der Waals surface area contributed by atoms with Crippen molar-refractivity contribution in [1.82, 2.24) is 15.1 Å². The Bertz CT molecular complexity index is 728. The van der Waals surface area contributed by atoms with E-state index in [1.165, 1.54) is 36.4 Å². The number of aliphatic hydroxyl groups excluding tert-OH is 1. The molecule has 0 bridgehead atoms. The number of rotatable bonds is 6. The van der Waals surface area contributed by atoms with E-state index in [0.29, 0.717) is 25.1 Å². The van der Waals surface area contributed by atoms with Crippen LogP contribution in [0.4, 0.5) is 4.39 Å². The summed E-state index contributed by atoms with van der Waals surface area (Å²) in [6, 6.07) is 7.79.